The number of H-pyrrole nitrogens is 1. The van der Waals surface area contributed by atoms with Gasteiger partial charge < -0.3 is 67.7 Å². The molecule has 0 saturated carbocycles. The number of aliphatic hydroxyl groups excluding tert-OH is 3. The van der Waals surface area contributed by atoms with Crippen molar-refractivity contribution in [1.82, 2.24) is 46.7 Å². The Bertz CT molecular complexity index is 2170. The van der Waals surface area contributed by atoms with Crippen LogP contribution in [0.2, 0.25) is 0 Å². The number of nitrogens with two attached hydrogens (primary N) is 1. The van der Waals surface area contributed by atoms with Gasteiger partial charge in [0.05, 0.1) is 36.8 Å². The molecule has 2 aromatic rings. The zero-order valence-electron chi connectivity index (χ0n) is 35.6. The van der Waals surface area contributed by atoms with Crippen LogP contribution in [0.3, 0.4) is 0 Å². The molecular formula is C41H56N10O12S. The van der Waals surface area contributed by atoms with Crippen LogP contribution in [-0.4, -0.2) is 163 Å². The number of aliphatic hydroxyl groups is 3. The Morgan fingerprint density at radius 2 is 1.59 bits per heavy atom. The Kier molecular flexibility index (Phi) is 15.2. The lowest BCUT2D eigenvalue weighted by Gasteiger charge is -2.33. The highest BCUT2D eigenvalue weighted by Gasteiger charge is 2.46. The minimum absolute atomic E-state index is 0.147. The van der Waals surface area contributed by atoms with E-state index in [1.54, 1.807) is 31.2 Å². The minimum atomic E-state index is -1.74. The summed E-state index contributed by atoms with van der Waals surface area (Å²) in [6, 6.07) is -1.87. The third kappa shape index (κ3) is 10.4. The lowest BCUT2D eigenvalue weighted by Crippen LogP contribution is -2.62. The van der Waals surface area contributed by atoms with Gasteiger partial charge in [0.2, 0.25) is 47.3 Å². The highest BCUT2D eigenvalue weighted by molar-refractivity contribution is 8.00. The number of amides is 9. The van der Waals surface area contributed by atoms with Gasteiger partial charge in [-0.2, -0.15) is 0 Å². The number of fused-ring (bicyclic) bond motifs is 5. The van der Waals surface area contributed by atoms with Crippen LogP contribution in [0.1, 0.15) is 58.4 Å². The van der Waals surface area contributed by atoms with Crippen LogP contribution in [0.25, 0.3) is 10.9 Å². The van der Waals surface area contributed by atoms with Gasteiger partial charge in [-0.25, -0.2) is 0 Å². The van der Waals surface area contributed by atoms with Gasteiger partial charge in [-0.3, -0.25) is 43.2 Å². The van der Waals surface area contributed by atoms with Gasteiger partial charge in [0, 0.05) is 42.8 Å². The number of benzene rings is 1. The zero-order valence-corrected chi connectivity index (χ0v) is 36.4. The SMILES string of the molecule is CC[C@H](C)[C@@H]1NC(=O)CNC(=O)[C@@H]2Cc3c([nH]c4ccccc34)S[C@H](NC(=O)[C@H]3CCCN3C1=O)C(=O)N[C@@H](CC(N)=O)C(=O)N1C[C@H](O)C[C@H]1C(=O)N[C@@H]([C@@H](C)[C@@H](O)CO)C(=O)N2. The molecule has 0 spiro atoms. The first-order chi connectivity index (χ1) is 30.4. The van der Waals surface area contributed by atoms with E-state index in [0.717, 1.165) is 16.7 Å². The molecule has 1 aromatic carbocycles. The molecule has 4 aliphatic rings. The number of nitrogens with zero attached hydrogens (tertiary/aromatic N) is 2. The number of para-hydroxylation sites is 1. The molecule has 348 valence electrons. The van der Waals surface area contributed by atoms with Gasteiger partial charge in [0.15, 0.2) is 5.37 Å². The van der Waals surface area contributed by atoms with Crippen molar-refractivity contribution in [3.63, 3.8) is 0 Å². The third-order valence-electron chi connectivity index (χ3n) is 12.4. The molecule has 22 nitrogen and oxygen atoms in total. The second kappa shape index (κ2) is 20.4. The number of carbonyl (C=O) groups excluding carboxylic acids is 9. The maximum absolute atomic E-state index is 14.6. The Balaban J connectivity index is 1.54. The Morgan fingerprint density at radius 3 is 2.30 bits per heavy atom. The summed E-state index contributed by atoms with van der Waals surface area (Å²) in [5.74, 6) is -9.64. The van der Waals surface area contributed by atoms with Gasteiger partial charge in [-0.1, -0.05) is 57.2 Å². The van der Waals surface area contributed by atoms with Crippen molar-refractivity contribution in [3.8, 4) is 0 Å². The van der Waals surface area contributed by atoms with Gasteiger partial charge in [0.1, 0.15) is 36.3 Å². The molecular weight excluding hydrogens is 857 g/mol. The number of carbonyl (C=O) groups is 9. The fourth-order valence-corrected chi connectivity index (χ4v) is 9.64. The molecule has 23 heteroatoms. The molecule has 0 unspecified atom stereocenters. The second-order valence-electron chi connectivity index (χ2n) is 16.8. The summed E-state index contributed by atoms with van der Waals surface area (Å²) in [6.07, 6.45) is -3.28. The molecule has 0 radical (unpaired) electrons. The average Bonchev–Trinajstić information content (AvgIpc) is 4.01. The molecule has 5 heterocycles. The van der Waals surface area contributed by atoms with E-state index in [2.05, 4.69) is 36.9 Å². The Morgan fingerprint density at radius 1 is 0.875 bits per heavy atom. The van der Waals surface area contributed by atoms with Crippen molar-refractivity contribution in [1.29, 1.82) is 0 Å². The van der Waals surface area contributed by atoms with E-state index >= 15 is 0 Å². The number of nitrogens with one attached hydrogen (secondary N) is 7. The van der Waals surface area contributed by atoms with Crippen molar-refractivity contribution >= 4 is 75.8 Å². The number of primary amides is 1. The lowest BCUT2D eigenvalue weighted by atomic mass is 9.93. The molecule has 64 heavy (non-hydrogen) atoms. The maximum Gasteiger partial charge on any atom is 0.254 e. The van der Waals surface area contributed by atoms with Crippen molar-refractivity contribution < 1.29 is 58.5 Å². The molecule has 12 N–H and O–H groups in total. The summed E-state index contributed by atoms with van der Waals surface area (Å²) in [7, 11) is 0. The van der Waals surface area contributed by atoms with Crippen LogP contribution >= 0.6 is 11.8 Å². The van der Waals surface area contributed by atoms with E-state index in [0.29, 0.717) is 29.3 Å². The third-order valence-corrected chi connectivity index (χ3v) is 13.6. The topological polar surface area (TPSA) is 335 Å². The molecule has 2 bridgehead atoms. The Hall–Kier alpha value is -5.78. The van der Waals surface area contributed by atoms with E-state index in [9.17, 15) is 58.5 Å². The fourth-order valence-electron chi connectivity index (χ4n) is 8.55. The molecule has 11 atom stereocenters. The average molecular weight is 913 g/mol. The number of aromatic nitrogens is 1. The predicted molar refractivity (Wildman–Crippen MR) is 227 cm³/mol. The number of hydrogen-bond donors (Lipinski definition) is 11. The van der Waals surface area contributed by atoms with Crippen LogP contribution in [-0.2, 0) is 49.6 Å². The number of rotatable bonds is 7. The monoisotopic (exact) mass is 912 g/mol. The predicted octanol–water partition coefficient (Wildman–Crippen LogP) is -3.81. The Labute approximate surface area is 371 Å². The fraction of sp³-hybridized carbons (Fsp3) is 0.585. The summed E-state index contributed by atoms with van der Waals surface area (Å²) >= 11 is 0.774. The second-order valence-corrected chi connectivity index (χ2v) is 17.9. The maximum atomic E-state index is 14.6. The molecule has 6 rings (SSSR count). The summed E-state index contributed by atoms with van der Waals surface area (Å²) in [5.41, 5.74) is 6.43. The lowest BCUT2D eigenvalue weighted by molar-refractivity contribution is -0.144. The highest BCUT2D eigenvalue weighted by atomic mass is 32.2. The summed E-state index contributed by atoms with van der Waals surface area (Å²) in [6.45, 7) is 3.12. The smallest absolute Gasteiger partial charge is 0.254 e. The standard InChI is InChI=1S/C41H56N10O12S/c1-4-18(2)31-41(63)50-11-7-10-26(50)34(58)49-39-37(61)45-25(14-29(42)55)40(62)51-16-20(53)12-27(51)35(59)48-32(19(3)28(54)17-52)36(60)44-24(33(57)43-15-30(56)47-31)13-22-21-8-5-6-9-23(21)46-38(22)64-39/h5-6,8-9,18-20,24-28,31-32,39,46,52-54H,4,7,10-17H2,1-3H3,(H2,42,55)(H,43,57)(H,44,60)(H,45,61)(H,47,56)(H,48,59)(H,49,58)/t18-,19-,20+,24-,25-,26+,27-,28-,31-,32-,39-/m0/s1. The van der Waals surface area contributed by atoms with Crippen LogP contribution in [0, 0.1) is 11.8 Å². The summed E-state index contributed by atoms with van der Waals surface area (Å²) in [4.78, 5) is 132. The van der Waals surface area contributed by atoms with E-state index < -0.39 is 145 Å². The first-order valence-corrected chi connectivity index (χ1v) is 22.2. The largest absolute Gasteiger partial charge is 0.394 e. The number of hydrogen-bond acceptors (Lipinski definition) is 13. The summed E-state index contributed by atoms with van der Waals surface area (Å²) in [5, 5.41) is 46.2. The van der Waals surface area contributed by atoms with Gasteiger partial charge >= 0.3 is 0 Å². The summed E-state index contributed by atoms with van der Waals surface area (Å²) < 4.78 is 0. The number of aromatic amines is 1. The first-order valence-electron chi connectivity index (χ1n) is 21.3. The number of thioether (sulfide) groups is 1. The zero-order chi connectivity index (χ0) is 46.6. The molecule has 0 aliphatic carbocycles. The van der Waals surface area contributed by atoms with Crippen LogP contribution in [0.15, 0.2) is 29.3 Å². The van der Waals surface area contributed by atoms with Crippen molar-refractivity contribution in [2.45, 2.75) is 118 Å². The quantitative estimate of drug-likeness (QED) is 0.127. The van der Waals surface area contributed by atoms with Crippen molar-refractivity contribution in [2.24, 2.45) is 17.6 Å². The van der Waals surface area contributed by atoms with Gasteiger partial charge in [-0.15, -0.1) is 0 Å². The van der Waals surface area contributed by atoms with Gasteiger partial charge in [0.25, 0.3) is 5.91 Å². The molecule has 2 saturated heterocycles. The van der Waals surface area contributed by atoms with E-state index in [-0.39, 0.29) is 30.8 Å². The minimum Gasteiger partial charge on any atom is -0.394 e. The normalized spacial score (nSPS) is 29.3. The molecule has 4 aliphatic heterocycles. The molecule has 9 amide bonds. The van der Waals surface area contributed by atoms with Crippen molar-refractivity contribution in [2.75, 3.05) is 26.2 Å². The van der Waals surface area contributed by atoms with E-state index in [4.69, 9.17) is 5.73 Å². The van der Waals surface area contributed by atoms with Crippen LogP contribution in [0.4, 0.5) is 0 Å². The van der Waals surface area contributed by atoms with Gasteiger partial charge in [-0.05, 0) is 30.4 Å². The van der Waals surface area contributed by atoms with Crippen LogP contribution in [0.5, 0.6) is 0 Å². The first kappa shape index (κ1) is 47.7. The molecule has 1 aromatic heterocycles. The molecule has 2 fully saturated rings. The highest BCUT2D eigenvalue weighted by Crippen LogP contribution is 2.34. The van der Waals surface area contributed by atoms with E-state index in [1.165, 1.54) is 11.8 Å². The van der Waals surface area contributed by atoms with Crippen LogP contribution < -0.4 is 37.6 Å². The van der Waals surface area contributed by atoms with E-state index in [1.807, 2.05) is 6.92 Å². The van der Waals surface area contributed by atoms with Crippen molar-refractivity contribution in [3.05, 3.63) is 29.8 Å².